The smallest absolute Gasteiger partial charge is 0.142 e. The Morgan fingerprint density at radius 2 is 2.25 bits per heavy atom. The van der Waals surface area contributed by atoms with Crippen molar-refractivity contribution in [2.75, 3.05) is 19.5 Å². The molecule has 65 valence electrons. The molecule has 1 aromatic carbocycles. The van der Waals surface area contributed by atoms with Gasteiger partial charge in [-0.25, -0.2) is 5.11 Å². The fourth-order valence-electron chi connectivity index (χ4n) is 1.03. The Balaban J connectivity index is 2.89. The lowest BCUT2D eigenvalue weighted by atomic mass is 10.1. The second-order valence-electron chi connectivity index (χ2n) is 2.53. The first-order valence-corrected chi connectivity index (χ1v) is 3.78. The molecular formula is C9H12NO2. The first-order valence-electron chi connectivity index (χ1n) is 3.78. The number of nitrogens with two attached hydrogens (primary N) is 1. The Bertz CT molecular complexity index is 261. The van der Waals surface area contributed by atoms with Crippen LogP contribution in [0.25, 0.3) is 0 Å². The summed E-state index contributed by atoms with van der Waals surface area (Å²) in [5, 5.41) is 10.3. The van der Waals surface area contributed by atoms with Crippen LogP contribution < -0.4 is 10.5 Å². The molecule has 0 saturated carbocycles. The van der Waals surface area contributed by atoms with Gasteiger partial charge in [-0.1, -0.05) is 6.07 Å². The van der Waals surface area contributed by atoms with Gasteiger partial charge in [-0.3, -0.25) is 0 Å². The molecule has 0 fully saturated rings. The van der Waals surface area contributed by atoms with Crippen molar-refractivity contribution >= 4 is 5.69 Å². The number of benzene rings is 1. The van der Waals surface area contributed by atoms with E-state index in [4.69, 9.17) is 10.5 Å². The molecule has 1 aromatic rings. The van der Waals surface area contributed by atoms with Crippen molar-refractivity contribution in [3.63, 3.8) is 0 Å². The van der Waals surface area contributed by atoms with Gasteiger partial charge in [-0.05, 0) is 24.1 Å². The van der Waals surface area contributed by atoms with E-state index in [9.17, 15) is 5.11 Å². The van der Waals surface area contributed by atoms with E-state index >= 15 is 0 Å². The summed E-state index contributed by atoms with van der Waals surface area (Å²) < 4.78 is 5.00. The van der Waals surface area contributed by atoms with Crippen LogP contribution in [0.15, 0.2) is 18.2 Å². The fraction of sp³-hybridized carbons (Fsp3) is 0.333. The van der Waals surface area contributed by atoms with Crippen molar-refractivity contribution in [3.05, 3.63) is 23.8 Å². The molecule has 2 N–H and O–H groups in total. The Morgan fingerprint density at radius 3 is 2.83 bits per heavy atom. The molecule has 0 unspecified atom stereocenters. The Morgan fingerprint density at radius 1 is 1.50 bits per heavy atom. The third-order valence-electron chi connectivity index (χ3n) is 1.69. The standard InChI is InChI=1S/C9H12NO2/c1-12-9-6-7(4-5-11)2-3-8(9)10/h2-3,6H,4-5,10H2,1H3. The molecule has 1 rings (SSSR count). The van der Waals surface area contributed by atoms with Gasteiger partial charge in [0.2, 0.25) is 0 Å². The summed E-state index contributed by atoms with van der Waals surface area (Å²) in [5.41, 5.74) is 7.17. The second-order valence-corrected chi connectivity index (χ2v) is 2.53. The summed E-state index contributed by atoms with van der Waals surface area (Å²) in [5.74, 6) is 0.640. The molecule has 0 bridgehead atoms. The summed E-state index contributed by atoms with van der Waals surface area (Å²) in [6.07, 6.45) is 0.524. The molecule has 0 amide bonds. The van der Waals surface area contributed by atoms with Crippen LogP contribution in [-0.2, 0) is 11.5 Å². The van der Waals surface area contributed by atoms with Gasteiger partial charge < -0.3 is 10.5 Å². The molecule has 0 aliphatic heterocycles. The predicted octanol–water partition coefficient (Wildman–Crippen LogP) is 1.25. The van der Waals surface area contributed by atoms with Crippen molar-refractivity contribution in [2.45, 2.75) is 6.42 Å². The minimum Gasteiger partial charge on any atom is -0.495 e. The van der Waals surface area contributed by atoms with Crippen molar-refractivity contribution in [3.8, 4) is 5.75 Å². The van der Waals surface area contributed by atoms with E-state index in [1.54, 1.807) is 19.2 Å². The van der Waals surface area contributed by atoms with E-state index < -0.39 is 0 Å². The van der Waals surface area contributed by atoms with E-state index in [1.165, 1.54) is 0 Å². The van der Waals surface area contributed by atoms with Gasteiger partial charge in [0, 0.05) is 0 Å². The number of hydrogen-bond acceptors (Lipinski definition) is 2. The van der Waals surface area contributed by atoms with Crippen LogP contribution in [0.4, 0.5) is 5.69 Å². The molecule has 1 radical (unpaired) electrons. The zero-order valence-electron chi connectivity index (χ0n) is 7.04. The van der Waals surface area contributed by atoms with E-state index in [-0.39, 0.29) is 6.61 Å². The van der Waals surface area contributed by atoms with Gasteiger partial charge in [0.25, 0.3) is 0 Å². The van der Waals surface area contributed by atoms with Crippen LogP contribution in [0.3, 0.4) is 0 Å². The summed E-state index contributed by atoms with van der Waals surface area (Å²) in [7, 11) is 1.56. The van der Waals surface area contributed by atoms with Crippen LogP contribution in [0.2, 0.25) is 0 Å². The first kappa shape index (κ1) is 8.87. The monoisotopic (exact) mass is 166 g/mol. The zero-order chi connectivity index (χ0) is 8.97. The lowest BCUT2D eigenvalue weighted by Gasteiger charge is -2.05. The topological polar surface area (TPSA) is 55.1 Å². The molecule has 0 atom stereocenters. The maximum atomic E-state index is 10.3. The molecule has 0 saturated heterocycles. The van der Waals surface area contributed by atoms with Crippen molar-refractivity contribution in [2.24, 2.45) is 0 Å². The number of rotatable bonds is 3. The SMILES string of the molecule is COc1cc(CC[O])ccc1N. The highest BCUT2D eigenvalue weighted by Gasteiger charge is 1.99. The van der Waals surface area contributed by atoms with E-state index in [1.807, 2.05) is 6.07 Å². The highest BCUT2D eigenvalue weighted by molar-refractivity contribution is 5.53. The number of ether oxygens (including phenoxy) is 1. The van der Waals surface area contributed by atoms with Gasteiger partial charge in [0.15, 0.2) is 0 Å². The molecule has 12 heavy (non-hydrogen) atoms. The fourth-order valence-corrected chi connectivity index (χ4v) is 1.03. The summed E-state index contributed by atoms with van der Waals surface area (Å²) in [6, 6.07) is 5.40. The quantitative estimate of drug-likeness (QED) is 0.687. The zero-order valence-corrected chi connectivity index (χ0v) is 7.04. The minimum absolute atomic E-state index is 0.104. The van der Waals surface area contributed by atoms with Crippen LogP contribution in [0.5, 0.6) is 5.75 Å². The molecule has 3 nitrogen and oxygen atoms in total. The highest BCUT2D eigenvalue weighted by Crippen LogP contribution is 2.22. The molecule has 0 aromatic heterocycles. The van der Waals surface area contributed by atoms with Gasteiger partial charge in [0.1, 0.15) is 5.75 Å². The molecule has 0 spiro atoms. The van der Waals surface area contributed by atoms with Crippen molar-refractivity contribution in [1.29, 1.82) is 0 Å². The Labute approximate surface area is 71.8 Å². The van der Waals surface area contributed by atoms with Gasteiger partial charge in [-0.2, -0.15) is 0 Å². The van der Waals surface area contributed by atoms with E-state index in [0.29, 0.717) is 17.9 Å². The summed E-state index contributed by atoms with van der Waals surface area (Å²) >= 11 is 0. The van der Waals surface area contributed by atoms with Crippen LogP contribution >= 0.6 is 0 Å². The first-order chi connectivity index (χ1) is 5.77. The molecule has 3 heteroatoms. The maximum Gasteiger partial charge on any atom is 0.142 e. The van der Waals surface area contributed by atoms with Crippen molar-refractivity contribution < 1.29 is 9.84 Å². The van der Waals surface area contributed by atoms with Crippen LogP contribution in [-0.4, -0.2) is 13.7 Å². The average molecular weight is 166 g/mol. The van der Waals surface area contributed by atoms with E-state index in [2.05, 4.69) is 0 Å². The molecule has 0 aliphatic rings. The predicted molar refractivity (Wildman–Crippen MR) is 46.7 cm³/mol. The van der Waals surface area contributed by atoms with Crippen LogP contribution in [0.1, 0.15) is 5.56 Å². The lowest BCUT2D eigenvalue weighted by molar-refractivity contribution is 0.197. The summed E-state index contributed by atoms with van der Waals surface area (Å²) in [4.78, 5) is 0. The molecular weight excluding hydrogens is 154 g/mol. The maximum absolute atomic E-state index is 10.3. The Kier molecular flexibility index (Phi) is 2.94. The third-order valence-corrected chi connectivity index (χ3v) is 1.69. The average Bonchev–Trinajstić information content (AvgIpc) is 2.09. The Hall–Kier alpha value is -1.22. The molecule has 0 heterocycles. The number of methoxy groups -OCH3 is 1. The van der Waals surface area contributed by atoms with E-state index in [0.717, 1.165) is 5.56 Å². The normalized spacial score (nSPS) is 9.83. The third kappa shape index (κ3) is 1.89. The van der Waals surface area contributed by atoms with Gasteiger partial charge in [-0.15, -0.1) is 0 Å². The second kappa shape index (κ2) is 3.97. The number of hydrogen-bond donors (Lipinski definition) is 1. The summed E-state index contributed by atoms with van der Waals surface area (Å²) in [6.45, 7) is -0.104. The minimum atomic E-state index is -0.104. The lowest BCUT2D eigenvalue weighted by Crippen LogP contribution is -1.95. The van der Waals surface area contributed by atoms with Gasteiger partial charge in [0.05, 0.1) is 19.4 Å². The van der Waals surface area contributed by atoms with Gasteiger partial charge >= 0.3 is 0 Å². The molecule has 0 aliphatic carbocycles. The number of nitrogen functional groups attached to an aromatic ring is 1. The highest BCUT2D eigenvalue weighted by atomic mass is 16.5. The van der Waals surface area contributed by atoms with Crippen LogP contribution in [0, 0.1) is 0 Å². The van der Waals surface area contributed by atoms with Crippen molar-refractivity contribution in [1.82, 2.24) is 0 Å². The largest absolute Gasteiger partial charge is 0.495 e. The number of anilines is 1.